The van der Waals surface area contributed by atoms with Crippen LogP contribution in [0.25, 0.3) is 0 Å². The number of hydroxylamine groups is 1. The van der Waals surface area contributed by atoms with Gasteiger partial charge in [0.05, 0.1) is 23.2 Å². The molecule has 8 heteroatoms. The summed E-state index contributed by atoms with van der Waals surface area (Å²) in [6.45, 7) is 5.00. The number of nitrogens with zero attached hydrogens (tertiary/aromatic N) is 4. The number of benzene rings is 2. The van der Waals surface area contributed by atoms with Gasteiger partial charge in [-0.1, -0.05) is 18.2 Å². The zero-order chi connectivity index (χ0) is 27.9. The van der Waals surface area contributed by atoms with Crippen LogP contribution in [0.3, 0.4) is 0 Å². The number of aromatic nitrogens is 1. The second-order valence-electron chi connectivity index (χ2n) is 11.2. The number of rotatable bonds is 11. The number of fused-ring (bicyclic) bond motifs is 1. The van der Waals surface area contributed by atoms with Crippen molar-refractivity contribution in [1.82, 2.24) is 19.8 Å². The Balaban J connectivity index is 1.15. The van der Waals surface area contributed by atoms with Crippen molar-refractivity contribution in [3.8, 4) is 17.6 Å². The summed E-state index contributed by atoms with van der Waals surface area (Å²) in [5.74, 6) is 2.42. The first-order valence-corrected chi connectivity index (χ1v) is 14.2. The van der Waals surface area contributed by atoms with Gasteiger partial charge in [-0.15, -0.1) is 5.48 Å². The van der Waals surface area contributed by atoms with Crippen LogP contribution in [0.4, 0.5) is 0 Å². The largest absolute Gasteiger partial charge is 0.488 e. The molecule has 0 spiro atoms. The molecular weight excluding hydrogens is 502 g/mol. The summed E-state index contributed by atoms with van der Waals surface area (Å²) in [7, 11) is 4.10. The van der Waals surface area contributed by atoms with Gasteiger partial charge >= 0.3 is 0 Å². The monoisotopic (exact) mass is 541 g/mol. The van der Waals surface area contributed by atoms with E-state index in [1.807, 2.05) is 50.6 Å². The van der Waals surface area contributed by atoms with E-state index >= 15 is 0 Å². The zero-order valence-electron chi connectivity index (χ0n) is 23.5. The van der Waals surface area contributed by atoms with Crippen molar-refractivity contribution in [2.45, 2.75) is 51.4 Å². The molecule has 1 N–H and O–H groups in total. The van der Waals surface area contributed by atoms with Crippen molar-refractivity contribution >= 4 is 0 Å². The summed E-state index contributed by atoms with van der Waals surface area (Å²) >= 11 is 0. The molecule has 0 amide bonds. The van der Waals surface area contributed by atoms with Gasteiger partial charge in [-0.05, 0) is 94.7 Å². The van der Waals surface area contributed by atoms with Gasteiger partial charge in [-0.2, -0.15) is 5.26 Å². The predicted octanol–water partition coefficient (Wildman–Crippen LogP) is 4.49. The third-order valence-electron chi connectivity index (χ3n) is 8.01. The first kappa shape index (κ1) is 27.9. The third kappa shape index (κ3) is 6.92. The van der Waals surface area contributed by atoms with E-state index in [4.69, 9.17) is 14.8 Å². The summed E-state index contributed by atoms with van der Waals surface area (Å²) in [5, 5.41) is 9.04. The topological polar surface area (TPSA) is 82.8 Å². The molecule has 1 saturated heterocycles. The van der Waals surface area contributed by atoms with Gasteiger partial charge in [0.2, 0.25) is 0 Å². The number of pyridine rings is 1. The number of hydrogen-bond acceptors (Lipinski definition) is 7. The molecule has 0 saturated carbocycles. The fraction of sp³-hybridized carbons (Fsp3) is 0.438. The second-order valence-corrected chi connectivity index (χ2v) is 11.2. The maximum absolute atomic E-state index is 12.0. The number of ether oxygens (including phenoxy) is 1. The fourth-order valence-corrected chi connectivity index (χ4v) is 5.66. The molecule has 0 bridgehead atoms. The fourth-order valence-electron chi connectivity index (χ4n) is 5.66. The highest BCUT2D eigenvalue weighted by molar-refractivity contribution is 5.53. The highest BCUT2D eigenvalue weighted by Crippen LogP contribution is 2.42. The Hall–Kier alpha value is -3.64. The molecule has 1 atom stereocenters. The minimum atomic E-state index is 0.0719. The number of nitrogens with one attached hydrogen (secondary N) is 1. The van der Waals surface area contributed by atoms with E-state index in [1.54, 1.807) is 16.7 Å². The van der Waals surface area contributed by atoms with E-state index in [2.05, 4.69) is 33.5 Å². The Kier molecular flexibility index (Phi) is 9.17. The SMILES string of the molecule is CN(C)Cc1c(OCc2ccc(C#N)cc2)ccc2c1ONC2CCC1CCN(CCn2ccccc2=O)CC1. The third-order valence-corrected chi connectivity index (χ3v) is 8.01. The van der Waals surface area contributed by atoms with Crippen molar-refractivity contribution in [2.24, 2.45) is 5.92 Å². The normalized spacial score (nSPS) is 17.4. The van der Waals surface area contributed by atoms with Gasteiger partial charge in [0, 0.05) is 37.5 Å². The van der Waals surface area contributed by atoms with E-state index < -0.39 is 0 Å². The molecule has 8 nitrogen and oxygen atoms in total. The van der Waals surface area contributed by atoms with Gasteiger partial charge < -0.3 is 23.9 Å². The average molecular weight is 542 g/mol. The molecule has 3 heterocycles. The summed E-state index contributed by atoms with van der Waals surface area (Å²) in [6, 6.07) is 19.4. The first-order chi connectivity index (χ1) is 19.5. The Morgan fingerprint density at radius 1 is 1.05 bits per heavy atom. The number of hydrogen-bond donors (Lipinski definition) is 1. The van der Waals surface area contributed by atoms with E-state index in [1.165, 1.54) is 18.4 Å². The van der Waals surface area contributed by atoms with E-state index in [0.717, 1.165) is 61.6 Å². The number of piperidine rings is 1. The molecule has 0 aliphatic carbocycles. The van der Waals surface area contributed by atoms with Crippen LogP contribution in [0.15, 0.2) is 65.6 Å². The van der Waals surface area contributed by atoms with Gasteiger partial charge in [-0.3, -0.25) is 4.79 Å². The molecule has 5 rings (SSSR count). The Bertz CT molecular complexity index is 1370. The minimum absolute atomic E-state index is 0.0719. The minimum Gasteiger partial charge on any atom is -0.488 e. The standard InChI is InChI=1S/C32H39N5O3/c1-35(2)22-28-30(39-23-26-8-6-25(21-33)7-9-26)13-11-27-29(34-40-32(27)28)12-10-24-14-17-36(18-15-24)19-20-37-16-4-3-5-31(37)38/h3-9,11,13,16,24,29,34H,10,12,14-15,17-20,22-23H2,1-2H3. The lowest BCUT2D eigenvalue weighted by atomic mass is 9.89. The average Bonchev–Trinajstić information content (AvgIpc) is 3.39. The van der Waals surface area contributed by atoms with Gasteiger partial charge in [0.1, 0.15) is 12.4 Å². The van der Waals surface area contributed by atoms with Crippen LogP contribution in [-0.4, -0.2) is 48.1 Å². The maximum atomic E-state index is 12.0. The molecule has 2 aliphatic heterocycles. The maximum Gasteiger partial charge on any atom is 0.250 e. The Labute approximate surface area is 236 Å². The molecule has 1 fully saturated rings. The molecule has 210 valence electrons. The van der Waals surface area contributed by atoms with Crippen molar-refractivity contribution in [3.63, 3.8) is 0 Å². The molecule has 0 radical (unpaired) electrons. The quantitative estimate of drug-likeness (QED) is 0.383. The summed E-state index contributed by atoms with van der Waals surface area (Å²) in [4.78, 5) is 22.6. The summed E-state index contributed by atoms with van der Waals surface area (Å²) < 4.78 is 8.03. The number of likely N-dealkylation sites (tertiary alicyclic amines) is 1. The van der Waals surface area contributed by atoms with Crippen LogP contribution in [0, 0.1) is 17.2 Å². The molecule has 1 aromatic heterocycles. The van der Waals surface area contributed by atoms with Crippen molar-refractivity contribution in [1.29, 1.82) is 5.26 Å². The van der Waals surface area contributed by atoms with Crippen molar-refractivity contribution in [3.05, 3.63) is 93.4 Å². The Morgan fingerprint density at radius 3 is 2.58 bits per heavy atom. The first-order valence-electron chi connectivity index (χ1n) is 14.2. The second kappa shape index (κ2) is 13.1. The highest BCUT2D eigenvalue weighted by atomic mass is 16.7. The summed E-state index contributed by atoms with van der Waals surface area (Å²) in [6.07, 6.45) is 6.45. The van der Waals surface area contributed by atoms with Gasteiger partial charge in [0.25, 0.3) is 5.56 Å². The van der Waals surface area contributed by atoms with Crippen LogP contribution in [0.1, 0.15) is 54.0 Å². The lowest BCUT2D eigenvalue weighted by Gasteiger charge is -2.32. The molecule has 40 heavy (non-hydrogen) atoms. The molecule has 3 aromatic rings. The van der Waals surface area contributed by atoms with E-state index in [0.29, 0.717) is 24.6 Å². The van der Waals surface area contributed by atoms with E-state index in [9.17, 15) is 4.79 Å². The van der Waals surface area contributed by atoms with Gasteiger partial charge in [0.15, 0.2) is 5.75 Å². The Morgan fingerprint density at radius 2 is 1.85 bits per heavy atom. The van der Waals surface area contributed by atoms with Crippen LogP contribution in [-0.2, 0) is 19.7 Å². The lowest BCUT2D eigenvalue weighted by Crippen LogP contribution is -2.37. The van der Waals surface area contributed by atoms with Gasteiger partial charge in [-0.25, -0.2) is 0 Å². The highest BCUT2D eigenvalue weighted by Gasteiger charge is 2.30. The number of nitriles is 1. The lowest BCUT2D eigenvalue weighted by molar-refractivity contribution is 0.155. The molecule has 2 aromatic carbocycles. The van der Waals surface area contributed by atoms with Crippen LogP contribution >= 0.6 is 0 Å². The molecular formula is C32H39N5O3. The molecule has 2 aliphatic rings. The smallest absolute Gasteiger partial charge is 0.250 e. The van der Waals surface area contributed by atoms with Crippen LogP contribution in [0.2, 0.25) is 0 Å². The van der Waals surface area contributed by atoms with Crippen molar-refractivity contribution < 1.29 is 9.57 Å². The van der Waals surface area contributed by atoms with Crippen LogP contribution < -0.4 is 20.6 Å². The molecule has 1 unspecified atom stereocenters. The zero-order valence-corrected chi connectivity index (χ0v) is 23.5. The van der Waals surface area contributed by atoms with E-state index in [-0.39, 0.29) is 11.6 Å². The summed E-state index contributed by atoms with van der Waals surface area (Å²) in [5.41, 5.74) is 7.29. The van der Waals surface area contributed by atoms with Crippen molar-refractivity contribution in [2.75, 3.05) is 33.7 Å². The predicted molar refractivity (Wildman–Crippen MR) is 155 cm³/mol. The van der Waals surface area contributed by atoms with Crippen LogP contribution in [0.5, 0.6) is 11.5 Å².